The van der Waals surface area contributed by atoms with Gasteiger partial charge < -0.3 is 15.0 Å². The topological polar surface area (TPSA) is 41.6 Å². The summed E-state index contributed by atoms with van der Waals surface area (Å²) in [6.45, 7) is 7.23. The summed E-state index contributed by atoms with van der Waals surface area (Å²) in [6, 6.07) is 0.454. The lowest BCUT2D eigenvalue weighted by Crippen LogP contribution is -2.48. The Kier molecular flexibility index (Phi) is 7.28. The van der Waals surface area contributed by atoms with Crippen molar-refractivity contribution in [2.45, 2.75) is 45.6 Å². The number of hydrogen-bond acceptors (Lipinski definition) is 3. The van der Waals surface area contributed by atoms with E-state index in [0.717, 1.165) is 25.9 Å². The second-order valence-corrected chi connectivity index (χ2v) is 5.54. The quantitative estimate of drug-likeness (QED) is 0.704. The van der Waals surface area contributed by atoms with E-state index in [2.05, 4.69) is 24.1 Å². The van der Waals surface area contributed by atoms with Gasteiger partial charge in [-0.1, -0.05) is 13.8 Å². The zero-order chi connectivity index (χ0) is 13.4. The SMILES string of the molecule is COCCNCC(=O)N1CCCCC1CC(C)C. The Hall–Kier alpha value is -0.610. The predicted molar refractivity (Wildman–Crippen MR) is 73.6 cm³/mol. The van der Waals surface area contributed by atoms with Crippen molar-refractivity contribution in [3.05, 3.63) is 0 Å². The molecule has 0 aromatic rings. The van der Waals surface area contributed by atoms with E-state index in [1.54, 1.807) is 7.11 Å². The fourth-order valence-electron chi connectivity index (χ4n) is 2.59. The Morgan fingerprint density at radius 2 is 2.22 bits per heavy atom. The molecule has 1 rings (SSSR count). The minimum atomic E-state index is 0.247. The van der Waals surface area contributed by atoms with Crippen molar-refractivity contribution >= 4 is 5.91 Å². The lowest BCUT2D eigenvalue weighted by atomic mass is 9.94. The van der Waals surface area contributed by atoms with E-state index in [1.165, 1.54) is 12.8 Å². The normalized spacial score (nSPS) is 20.4. The van der Waals surface area contributed by atoms with Gasteiger partial charge in [0.25, 0.3) is 0 Å². The molecule has 4 heteroatoms. The third-order valence-corrected chi connectivity index (χ3v) is 3.45. The molecule has 0 aromatic carbocycles. The zero-order valence-electron chi connectivity index (χ0n) is 12.1. The molecular formula is C14H28N2O2. The summed E-state index contributed by atoms with van der Waals surface area (Å²) < 4.78 is 4.96. The summed E-state index contributed by atoms with van der Waals surface area (Å²) in [4.78, 5) is 14.3. The molecule has 1 aliphatic rings. The largest absolute Gasteiger partial charge is 0.383 e. The highest BCUT2D eigenvalue weighted by Crippen LogP contribution is 2.22. The van der Waals surface area contributed by atoms with Gasteiger partial charge in [0.15, 0.2) is 0 Å². The van der Waals surface area contributed by atoms with Gasteiger partial charge in [-0.2, -0.15) is 0 Å². The number of rotatable bonds is 7. The van der Waals surface area contributed by atoms with Crippen LogP contribution in [0.2, 0.25) is 0 Å². The van der Waals surface area contributed by atoms with Crippen LogP contribution in [-0.2, 0) is 9.53 Å². The number of methoxy groups -OCH3 is 1. The van der Waals surface area contributed by atoms with Crippen LogP contribution < -0.4 is 5.32 Å². The van der Waals surface area contributed by atoms with Crippen LogP contribution in [-0.4, -0.2) is 50.2 Å². The lowest BCUT2D eigenvalue weighted by molar-refractivity contribution is -0.134. The van der Waals surface area contributed by atoms with Crippen LogP contribution in [0.25, 0.3) is 0 Å². The first-order valence-corrected chi connectivity index (χ1v) is 7.14. The van der Waals surface area contributed by atoms with Gasteiger partial charge in [-0.3, -0.25) is 4.79 Å². The zero-order valence-corrected chi connectivity index (χ0v) is 12.1. The number of carbonyl (C=O) groups excluding carboxylic acids is 1. The van der Waals surface area contributed by atoms with Crippen LogP contribution in [0.1, 0.15) is 39.5 Å². The molecular weight excluding hydrogens is 228 g/mol. The Labute approximate surface area is 111 Å². The molecule has 0 bridgehead atoms. The second-order valence-electron chi connectivity index (χ2n) is 5.54. The van der Waals surface area contributed by atoms with Crippen molar-refractivity contribution < 1.29 is 9.53 Å². The van der Waals surface area contributed by atoms with Crippen LogP contribution in [0.4, 0.5) is 0 Å². The highest BCUT2D eigenvalue weighted by molar-refractivity contribution is 5.78. The van der Waals surface area contributed by atoms with Crippen molar-refractivity contribution in [1.29, 1.82) is 0 Å². The van der Waals surface area contributed by atoms with Crippen molar-refractivity contribution in [3.63, 3.8) is 0 Å². The molecule has 4 nitrogen and oxygen atoms in total. The second kappa shape index (κ2) is 8.48. The molecule has 1 saturated heterocycles. The van der Waals surface area contributed by atoms with E-state index in [1.807, 2.05) is 0 Å². The van der Waals surface area contributed by atoms with E-state index >= 15 is 0 Å². The molecule has 1 aliphatic heterocycles. The highest BCUT2D eigenvalue weighted by Gasteiger charge is 2.26. The number of likely N-dealkylation sites (tertiary alicyclic amines) is 1. The minimum absolute atomic E-state index is 0.247. The Morgan fingerprint density at radius 1 is 1.44 bits per heavy atom. The number of piperidine rings is 1. The molecule has 0 aliphatic carbocycles. The Morgan fingerprint density at radius 3 is 2.89 bits per heavy atom. The number of ether oxygens (including phenoxy) is 1. The average molecular weight is 256 g/mol. The fraction of sp³-hybridized carbons (Fsp3) is 0.929. The monoisotopic (exact) mass is 256 g/mol. The van der Waals surface area contributed by atoms with Crippen molar-refractivity contribution in [3.8, 4) is 0 Å². The molecule has 0 saturated carbocycles. The predicted octanol–water partition coefficient (Wildman–Crippen LogP) is 1.65. The lowest BCUT2D eigenvalue weighted by Gasteiger charge is -2.37. The van der Waals surface area contributed by atoms with Gasteiger partial charge in [0.1, 0.15) is 0 Å². The first kappa shape index (κ1) is 15.4. The molecule has 1 fully saturated rings. The van der Waals surface area contributed by atoms with Gasteiger partial charge in [-0.05, 0) is 31.6 Å². The smallest absolute Gasteiger partial charge is 0.236 e. The third kappa shape index (κ3) is 5.36. The fourth-order valence-corrected chi connectivity index (χ4v) is 2.59. The van der Waals surface area contributed by atoms with Crippen LogP contribution in [0, 0.1) is 5.92 Å². The van der Waals surface area contributed by atoms with Crippen LogP contribution >= 0.6 is 0 Å². The van der Waals surface area contributed by atoms with Crippen molar-refractivity contribution in [1.82, 2.24) is 10.2 Å². The average Bonchev–Trinajstić information content (AvgIpc) is 2.34. The molecule has 0 aromatic heterocycles. The van der Waals surface area contributed by atoms with Crippen LogP contribution in [0.3, 0.4) is 0 Å². The van der Waals surface area contributed by atoms with E-state index in [-0.39, 0.29) is 5.91 Å². The molecule has 1 unspecified atom stereocenters. The van der Waals surface area contributed by atoms with Crippen molar-refractivity contribution in [2.24, 2.45) is 5.92 Å². The van der Waals surface area contributed by atoms with E-state index in [9.17, 15) is 4.79 Å². The summed E-state index contributed by atoms with van der Waals surface area (Å²) in [5.41, 5.74) is 0. The number of carbonyl (C=O) groups is 1. The molecule has 0 spiro atoms. The summed E-state index contributed by atoms with van der Waals surface area (Å²) in [5, 5.41) is 3.14. The molecule has 0 radical (unpaired) electrons. The molecule has 106 valence electrons. The van der Waals surface area contributed by atoms with Gasteiger partial charge >= 0.3 is 0 Å². The van der Waals surface area contributed by atoms with Crippen LogP contribution in [0.5, 0.6) is 0 Å². The third-order valence-electron chi connectivity index (χ3n) is 3.45. The number of nitrogens with one attached hydrogen (secondary N) is 1. The maximum atomic E-state index is 12.2. The van der Waals surface area contributed by atoms with Gasteiger partial charge in [0.05, 0.1) is 13.2 Å². The summed E-state index contributed by atoms with van der Waals surface area (Å²) >= 11 is 0. The minimum Gasteiger partial charge on any atom is -0.383 e. The highest BCUT2D eigenvalue weighted by atomic mass is 16.5. The van der Waals surface area contributed by atoms with Gasteiger partial charge in [0.2, 0.25) is 5.91 Å². The number of nitrogens with zero attached hydrogens (tertiary/aromatic N) is 1. The standard InChI is InChI=1S/C14H28N2O2/c1-12(2)10-13-6-4-5-8-16(13)14(17)11-15-7-9-18-3/h12-13,15H,4-11H2,1-3H3. The number of amides is 1. The molecule has 18 heavy (non-hydrogen) atoms. The first-order chi connectivity index (χ1) is 8.65. The van der Waals surface area contributed by atoms with Crippen molar-refractivity contribution in [2.75, 3.05) is 33.4 Å². The van der Waals surface area contributed by atoms with E-state index in [4.69, 9.17) is 4.74 Å². The van der Waals surface area contributed by atoms with Crippen LogP contribution in [0.15, 0.2) is 0 Å². The van der Waals surface area contributed by atoms with E-state index < -0.39 is 0 Å². The molecule has 1 amide bonds. The Balaban J connectivity index is 2.37. The Bertz CT molecular complexity index is 244. The van der Waals surface area contributed by atoms with Gasteiger partial charge in [0, 0.05) is 26.2 Å². The molecule has 1 atom stereocenters. The maximum absolute atomic E-state index is 12.2. The number of hydrogen-bond donors (Lipinski definition) is 1. The molecule has 1 N–H and O–H groups in total. The summed E-state index contributed by atoms with van der Waals surface area (Å²) in [5.74, 6) is 0.904. The van der Waals surface area contributed by atoms with E-state index in [0.29, 0.717) is 25.1 Å². The van der Waals surface area contributed by atoms with Gasteiger partial charge in [-0.15, -0.1) is 0 Å². The summed E-state index contributed by atoms with van der Waals surface area (Å²) in [7, 11) is 1.67. The maximum Gasteiger partial charge on any atom is 0.236 e. The van der Waals surface area contributed by atoms with Gasteiger partial charge in [-0.25, -0.2) is 0 Å². The molecule has 1 heterocycles. The first-order valence-electron chi connectivity index (χ1n) is 7.14. The summed E-state index contributed by atoms with van der Waals surface area (Å²) in [6.07, 6.45) is 4.71.